The van der Waals surface area contributed by atoms with Gasteiger partial charge in [-0.1, -0.05) is 49.4 Å². The Morgan fingerprint density at radius 1 is 1.05 bits per heavy atom. The zero-order chi connectivity index (χ0) is 13.7. The molecule has 0 aliphatic heterocycles. The molecule has 0 fully saturated rings. The van der Waals surface area contributed by atoms with Gasteiger partial charge in [-0.15, -0.1) is 0 Å². The molecule has 2 nitrogen and oxygen atoms in total. The number of carbonyl (C=O) groups excluding carboxylic acids is 1. The van der Waals surface area contributed by atoms with Crippen LogP contribution in [0.5, 0.6) is 0 Å². The summed E-state index contributed by atoms with van der Waals surface area (Å²) in [5.74, 6) is -0.0456. The first kappa shape index (κ1) is 13.3. The van der Waals surface area contributed by atoms with Gasteiger partial charge < -0.3 is 5.32 Å². The molecule has 2 aromatic rings. The largest absolute Gasteiger partial charge is 0.350 e. The van der Waals surface area contributed by atoms with Gasteiger partial charge in [-0.05, 0) is 36.6 Å². The first-order valence-corrected chi connectivity index (χ1v) is 6.46. The number of hydrogen-bond acceptors (Lipinski definition) is 1. The fourth-order valence-electron chi connectivity index (χ4n) is 1.82. The highest BCUT2D eigenvalue weighted by molar-refractivity contribution is 5.94. The second kappa shape index (κ2) is 6.19. The van der Waals surface area contributed by atoms with Gasteiger partial charge in [-0.3, -0.25) is 4.79 Å². The van der Waals surface area contributed by atoms with Gasteiger partial charge in [0, 0.05) is 11.6 Å². The molecule has 2 heteroatoms. The van der Waals surface area contributed by atoms with Crippen LogP contribution in [0.15, 0.2) is 54.6 Å². The van der Waals surface area contributed by atoms with Gasteiger partial charge in [0.05, 0.1) is 0 Å². The Morgan fingerprint density at radius 2 is 1.63 bits per heavy atom. The third-order valence-corrected chi connectivity index (χ3v) is 3.06. The molecule has 1 radical (unpaired) electrons. The second-order valence-electron chi connectivity index (χ2n) is 4.61. The van der Waals surface area contributed by atoms with Crippen molar-refractivity contribution >= 4 is 5.91 Å². The lowest BCUT2D eigenvalue weighted by atomic mass is 10.0. The molecule has 1 atom stereocenters. The van der Waals surface area contributed by atoms with Crippen LogP contribution in [0.1, 0.15) is 23.7 Å². The summed E-state index contributed by atoms with van der Waals surface area (Å²) in [5, 5.41) is 2.90. The quantitative estimate of drug-likeness (QED) is 0.883. The summed E-state index contributed by atoms with van der Waals surface area (Å²) in [7, 11) is 0. The van der Waals surface area contributed by atoms with Crippen molar-refractivity contribution in [2.24, 2.45) is 0 Å². The minimum absolute atomic E-state index is 0.0456. The molecule has 2 rings (SSSR count). The van der Waals surface area contributed by atoms with E-state index in [0.29, 0.717) is 12.0 Å². The molecule has 1 N–H and O–H groups in total. The summed E-state index contributed by atoms with van der Waals surface area (Å²) in [4.78, 5) is 11.9. The van der Waals surface area contributed by atoms with Crippen LogP contribution < -0.4 is 5.32 Å². The summed E-state index contributed by atoms with van der Waals surface area (Å²) in [6, 6.07) is 17.9. The number of benzene rings is 2. The molecule has 0 spiro atoms. The third-order valence-electron chi connectivity index (χ3n) is 3.06. The van der Waals surface area contributed by atoms with Gasteiger partial charge in [0.25, 0.3) is 5.91 Å². The molecular weight excluding hydrogens is 234 g/mol. The Bertz CT molecular complexity index is 531. The predicted octanol–water partition coefficient (Wildman–Crippen LogP) is 3.70. The summed E-state index contributed by atoms with van der Waals surface area (Å²) < 4.78 is 0. The van der Waals surface area contributed by atoms with Crippen molar-refractivity contribution in [1.82, 2.24) is 5.32 Å². The van der Waals surface area contributed by atoms with E-state index < -0.39 is 0 Å². The number of hydrogen-bond donors (Lipinski definition) is 1. The van der Waals surface area contributed by atoms with Crippen LogP contribution in [-0.4, -0.2) is 11.9 Å². The van der Waals surface area contributed by atoms with Crippen LogP contribution in [0.4, 0.5) is 0 Å². The number of rotatable bonds is 4. The Balaban J connectivity index is 2.13. The van der Waals surface area contributed by atoms with Gasteiger partial charge in [-0.25, -0.2) is 0 Å². The van der Waals surface area contributed by atoms with Crippen LogP contribution in [0, 0.1) is 6.92 Å². The van der Waals surface area contributed by atoms with Crippen molar-refractivity contribution < 1.29 is 4.79 Å². The average molecular weight is 252 g/mol. The van der Waals surface area contributed by atoms with E-state index in [1.165, 1.54) is 0 Å². The topological polar surface area (TPSA) is 29.1 Å². The number of carbonyl (C=O) groups is 1. The molecule has 19 heavy (non-hydrogen) atoms. The molecule has 1 unspecified atom stereocenters. The van der Waals surface area contributed by atoms with E-state index in [-0.39, 0.29) is 11.9 Å². The van der Waals surface area contributed by atoms with Gasteiger partial charge in [-0.2, -0.15) is 0 Å². The van der Waals surface area contributed by atoms with E-state index in [1.807, 2.05) is 49.4 Å². The van der Waals surface area contributed by atoms with Crippen LogP contribution in [0.25, 0.3) is 11.1 Å². The van der Waals surface area contributed by atoms with E-state index in [9.17, 15) is 4.79 Å². The molecule has 1 amide bonds. The fourth-order valence-corrected chi connectivity index (χ4v) is 1.82. The molecule has 0 aliphatic rings. The molecule has 0 aromatic heterocycles. The molecule has 2 aromatic carbocycles. The van der Waals surface area contributed by atoms with Crippen molar-refractivity contribution in [3.63, 3.8) is 0 Å². The van der Waals surface area contributed by atoms with E-state index in [1.54, 1.807) is 0 Å². The second-order valence-corrected chi connectivity index (χ2v) is 4.61. The van der Waals surface area contributed by atoms with Crippen molar-refractivity contribution in [1.29, 1.82) is 0 Å². The zero-order valence-corrected chi connectivity index (χ0v) is 11.1. The van der Waals surface area contributed by atoms with Gasteiger partial charge in [0.1, 0.15) is 0 Å². The first-order valence-electron chi connectivity index (χ1n) is 6.46. The highest BCUT2D eigenvalue weighted by atomic mass is 16.1. The number of nitrogens with one attached hydrogen (secondary N) is 1. The fraction of sp³-hybridized carbons (Fsp3) is 0.176. The Morgan fingerprint density at radius 3 is 2.21 bits per heavy atom. The lowest BCUT2D eigenvalue weighted by molar-refractivity contribution is 0.0940. The highest BCUT2D eigenvalue weighted by Crippen LogP contribution is 2.19. The summed E-state index contributed by atoms with van der Waals surface area (Å²) >= 11 is 0. The molecule has 0 heterocycles. The van der Waals surface area contributed by atoms with Crippen LogP contribution in [-0.2, 0) is 0 Å². The van der Waals surface area contributed by atoms with Crippen LogP contribution >= 0.6 is 0 Å². The summed E-state index contributed by atoms with van der Waals surface area (Å²) in [5.41, 5.74) is 2.95. The molecule has 0 aliphatic carbocycles. The van der Waals surface area contributed by atoms with Gasteiger partial charge in [0.15, 0.2) is 0 Å². The lowest BCUT2D eigenvalue weighted by Crippen LogP contribution is -2.31. The monoisotopic (exact) mass is 252 g/mol. The molecule has 0 bridgehead atoms. The molecule has 0 saturated carbocycles. The maximum Gasteiger partial charge on any atom is 0.251 e. The maximum absolute atomic E-state index is 11.9. The van der Waals surface area contributed by atoms with Gasteiger partial charge >= 0.3 is 0 Å². The highest BCUT2D eigenvalue weighted by Gasteiger charge is 2.08. The standard InChI is InChI=1S/C17H18NO/c1-3-13(2)18-17(19)16-11-9-15(10-12-16)14-7-5-4-6-8-14/h4-13H,1,3H2,2H3,(H,18,19). The molecule has 0 saturated heterocycles. The van der Waals surface area contributed by atoms with Crippen molar-refractivity contribution in [3.8, 4) is 11.1 Å². The van der Waals surface area contributed by atoms with E-state index in [0.717, 1.165) is 11.1 Å². The van der Waals surface area contributed by atoms with Gasteiger partial charge in [0.2, 0.25) is 0 Å². The smallest absolute Gasteiger partial charge is 0.251 e. The zero-order valence-electron chi connectivity index (χ0n) is 11.1. The van der Waals surface area contributed by atoms with E-state index in [4.69, 9.17) is 0 Å². The van der Waals surface area contributed by atoms with Crippen molar-refractivity contribution in [2.45, 2.75) is 19.4 Å². The molecular formula is C17H18NO. The minimum Gasteiger partial charge on any atom is -0.350 e. The van der Waals surface area contributed by atoms with E-state index in [2.05, 4.69) is 24.4 Å². The van der Waals surface area contributed by atoms with Crippen LogP contribution in [0.3, 0.4) is 0 Å². The third kappa shape index (κ3) is 3.44. The predicted molar refractivity (Wildman–Crippen MR) is 78.8 cm³/mol. The summed E-state index contributed by atoms with van der Waals surface area (Å²) in [6.45, 7) is 5.72. The maximum atomic E-state index is 11.9. The Labute approximate surface area is 114 Å². The normalized spacial score (nSPS) is 11.9. The summed E-state index contributed by atoms with van der Waals surface area (Å²) in [6.07, 6.45) is 0.688. The molecule has 97 valence electrons. The lowest BCUT2D eigenvalue weighted by Gasteiger charge is -2.11. The Hall–Kier alpha value is -2.09. The van der Waals surface area contributed by atoms with Crippen molar-refractivity contribution in [3.05, 3.63) is 67.1 Å². The SMILES string of the molecule is [CH2]CC(C)NC(=O)c1ccc(-c2ccccc2)cc1. The first-order chi connectivity index (χ1) is 9.20. The van der Waals surface area contributed by atoms with E-state index >= 15 is 0 Å². The minimum atomic E-state index is -0.0456. The average Bonchev–Trinajstić information content (AvgIpc) is 2.48. The number of amides is 1. The van der Waals surface area contributed by atoms with Crippen molar-refractivity contribution in [2.75, 3.05) is 0 Å². The van der Waals surface area contributed by atoms with Crippen LogP contribution in [0.2, 0.25) is 0 Å². The Kier molecular flexibility index (Phi) is 4.35.